The molecule has 1 aliphatic heterocycles. The number of hydrogen-bond acceptors (Lipinski definition) is 4. The van der Waals surface area contributed by atoms with Crippen molar-refractivity contribution < 1.29 is 4.79 Å². The van der Waals surface area contributed by atoms with Crippen molar-refractivity contribution in [2.45, 2.75) is 12.6 Å². The van der Waals surface area contributed by atoms with Gasteiger partial charge in [0.2, 0.25) is 5.91 Å². The third-order valence-electron chi connectivity index (χ3n) is 3.13. The van der Waals surface area contributed by atoms with Gasteiger partial charge in [0, 0.05) is 31.7 Å². The molecule has 5 heteroatoms. The van der Waals surface area contributed by atoms with Crippen molar-refractivity contribution in [1.82, 2.24) is 10.2 Å². The molecular weight excluding hydrogens is 228 g/mol. The van der Waals surface area contributed by atoms with Crippen LogP contribution in [-0.2, 0) is 6.54 Å². The number of benzene rings is 1. The molecule has 1 amide bonds. The molecule has 5 nitrogen and oxygen atoms in total. The van der Waals surface area contributed by atoms with E-state index in [0.717, 1.165) is 25.2 Å². The molecule has 0 aromatic heterocycles. The molecule has 1 atom stereocenters. The van der Waals surface area contributed by atoms with E-state index in [0.29, 0.717) is 12.1 Å². The standard InChI is InChI=1S/C13H16N4O/c14-7-12-8-16-5-6-17(12)9-10-1-3-11(4-2-10)13(15)18/h1-4,12,16H,5-6,8-9H2,(H2,15,18). The lowest BCUT2D eigenvalue weighted by atomic mass is 10.1. The Kier molecular flexibility index (Phi) is 3.92. The largest absolute Gasteiger partial charge is 0.366 e. The smallest absolute Gasteiger partial charge is 0.248 e. The summed E-state index contributed by atoms with van der Waals surface area (Å²) in [6.07, 6.45) is 0. The lowest BCUT2D eigenvalue weighted by Gasteiger charge is -2.31. The lowest BCUT2D eigenvalue weighted by molar-refractivity contribution is 0.100. The number of hydrogen-bond donors (Lipinski definition) is 2. The van der Waals surface area contributed by atoms with Gasteiger partial charge in [-0.1, -0.05) is 12.1 Å². The Balaban J connectivity index is 2.04. The third-order valence-corrected chi connectivity index (χ3v) is 3.13. The first-order valence-electron chi connectivity index (χ1n) is 5.94. The van der Waals surface area contributed by atoms with Crippen molar-refractivity contribution in [2.24, 2.45) is 5.73 Å². The van der Waals surface area contributed by atoms with Gasteiger partial charge >= 0.3 is 0 Å². The summed E-state index contributed by atoms with van der Waals surface area (Å²) in [5.41, 5.74) is 6.79. The van der Waals surface area contributed by atoms with Crippen molar-refractivity contribution in [3.05, 3.63) is 35.4 Å². The molecule has 0 saturated carbocycles. The van der Waals surface area contributed by atoms with E-state index in [1.54, 1.807) is 12.1 Å². The van der Waals surface area contributed by atoms with Crippen molar-refractivity contribution in [2.75, 3.05) is 19.6 Å². The first-order chi connectivity index (χ1) is 8.70. The van der Waals surface area contributed by atoms with E-state index in [9.17, 15) is 4.79 Å². The second kappa shape index (κ2) is 5.63. The van der Waals surface area contributed by atoms with Gasteiger partial charge in [0.05, 0.1) is 6.07 Å². The number of nitrogens with two attached hydrogens (primary N) is 1. The van der Waals surface area contributed by atoms with Crippen LogP contribution in [0.3, 0.4) is 0 Å². The number of primary amides is 1. The highest BCUT2D eigenvalue weighted by Gasteiger charge is 2.21. The number of nitrogens with zero attached hydrogens (tertiary/aromatic N) is 2. The molecular formula is C13H16N4O. The summed E-state index contributed by atoms with van der Waals surface area (Å²) in [6, 6.07) is 9.42. The second-order valence-corrected chi connectivity index (χ2v) is 4.38. The van der Waals surface area contributed by atoms with E-state index in [2.05, 4.69) is 16.3 Å². The number of carbonyl (C=O) groups excluding carboxylic acids is 1. The molecule has 2 rings (SSSR count). The first-order valence-corrected chi connectivity index (χ1v) is 5.94. The van der Waals surface area contributed by atoms with E-state index >= 15 is 0 Å². The molecule has 1 aromatic rings. The van der Waals surface area contributed by atoms with Crippen LogP contribution in [0.4, 0.5) is 0 Å². The molecule has 18 heavy (non-hydrogen) atoms. The molecule has 0 aliphatic carbocycles. The van der Waals surface area contributed by atoms with Crippen LogP contribution < -0.4 is 11.1 Å². The number of piperazine rings is 1. The van der Waals surface area contributed by atoms with E-state index < -0.39 is 5.91 Å². The predicted octanol–water partition coefficient (Wildman–Crippen LogP) is 0.0829. The van der Waals surface area contributed by atoms with E-state index in [-0.39, 0.29) is 6.04 Å². The fraction of sp³-hybridized carbons (Fsp3) is 0.385. The van der Waals surface area contributed by atoms with Gasteiger partial charge in [0.1, 0.15) is 6.04 Å². The minimum absolute atomic E-state index is 0.0884. The van der Waals surface area contributed by atoms with Crippen LogP contribution in [0.15, 0.2) is 24.3 Å². The van der Waals surface area contributed by atoms with E-state index in [1.807, 2.05) is 12.1 Å². The van der Waals surface area contributed by atoms with Gasteiger partial charge in [0.25, 0.3) is 0 Å². The second-order valence-electron chi connectivity index (χ2n) is 4.38. The van der Waals surface area contributed by atoms with Crippen LogP contribution in [0.1, 0.15) is 15.9 Å². The van der Waals surface area contributed by atoms with Gasteiger partial charge in [-0.2, -0.15) is 5.26 Å². The Morgan fingerprint density at radius 3 is 2.83 bits per heavy atom. The topological polar surface area (TPSA) is 82.2 Å². The minimum Gasteiger partial charge on any atom is -0.366 e. The molecule has 0 radical (unpaired) electrons. The van der Waals surface area contributed by atoms with Crippen LogP contribution >= 0.6 is 0 Å². The molecule has 1 heterocycles. The number of amides is 1. The van der Waals surface area contributed by atoms with Crippen LogP contribution in [0, 0.1) is 11.3 Å². The Hall–Kier alpha value is -1.90. The van der Waals surface area contributed by atoms with Crippen molar-refractivity contribution in [3.8, 4) is 6.07 Å². The van der Waals surface area contributed by atoms with E-state index in [1.165, 1.54) is 0 Å². The Labute approximate surface area is 106 Å². The fourth-order valence-electron chi connectivity index (χ4n) is 2.07. The van der Waals surface area contributed by atoms with Gasteiger partial charge in [-0.25, -0.2) is 0 Å². The van der Waals surface area contributed by atoms with Crippen molar-refractivity contribution in [1.29, 1.82) is 5.26 Å². The van der Waals surface area contributed by atoms with Gasteiger partial charge in [0.15, 0.2) is 0 Å². The highest BCUT2D eigenvalue weighted by Crippen LogP contribution is 2.11. The average Bonchev–Trinajstić information content (AvgIpc) is 2.40. The van der Waals surface area contributed by atoms with Crippen molar-refractivity contribution >= 4 is 5.91 Å². The maximum absolute atomic E-state index is 11.0. The van der Waals surface area contributed by atoms with Gasteiger partial charge in [-0.05, 0) is 17.7 Å². The number of nitriles is 1. The number of rotatable bonds is 3. The third kappa shape index (κ3) is 2.86. The molecule has 1 aliphatic rings. The molecule has 3 N–H and O–H groups in total. The highest BCUT2D eigenvalue weighted by atomic mass is 16.1. The van der Waals surface area contributed by atoms with Crippen LogP contribution in [0.5, 0.6) is 0 Å². The normalized spacial score (nSPS) is 20.3. The van der Waals surface area contributed by atoms with Crippen LogP contribution in [-0.4, -0.2) is 36.5 Å². The molecule has 1 saturated heterocycles. The maximum Gasteiger partial charge on any atom is 0.248 e. The molecule has 1 unspecified atom stereocenters. The molecule has 94 valence electrons. The SMILES string of the molecule is N#CC1CNCCN1Cc1ccc(C(N)=O)cc1. The summed E-state index contributed by atoms with van der Waals surface area (Å²) in [5, 5.41) is 12.3. The Morgan fingerprint density at radius 1 is 1.50 bits per heavy atom. The first kappa shape index (κ1) is 12.6. The monoisotopic (exact) mass is 244 g/mol. The minimum atomic E-state index is -0.418. The predicted molar refractivity (Wildman–Crippen MR) is 67.6 cm³/mol. The number of nitrogens with one attached hydrogen (secondary N) is 1. The summed E-state index contributed by atoms with van der Waals surface area (Å²) < 4.78 is 0. The van der Waals surface area contributed by atoms with E-state index in [4.69, 9.17) is 11.0 Å². The fourth-order valence-corrected chi connectivity index (χ4v) is 2.07. The Bertz CT molecular complexity index is 463. The Morgan fingerprint density at radius 2 is 2.22 bits per heavy atom. The average molecular weight is 244 g/mol. The quantitative estimate of drug-likeness (QED) is 0.789. The van der Waals surface area contributed by atoms with Gasteiger partial charge in [-0.3, -0.25) is 9.69 Å². The number of carbonyl (C=O) groups is 1. The molecule has 0 spiro atoms. The lowest BCUT2D eigenvalue weighted by Crippen LogP contribution is -2.49. The molecule has 1 aromatic carbocycles. The van der Waals surface area contributed by atoms with Gasteiger partial charge < -0.3 is 11.1 Å². The zero-order chi connectivity index (χ0) is 13.0. The summed E-state index contributed by atoms with van der Waals surface area (Å²) >= 11 is 0. The van der Waals surface area contributed by atoms with Crippen molar-refractivity contribution in [3.63, 3.8) is 0 Å². The zero-order valence-electron chi connectivity index (χ0n) is 10.1. The molecule has 0 bridgehead atoms. The summed E-state index contributed by atoms with van der Waals surface area (Å²) in [5.74, 6) is -0.418. The zero-order valence-corrected chi connectivity index (χ0v) is 10.1. The summed E-state index contributed by atoms with van der Waals surface area (Å²) in [4.78, 5) is 13.1. The molecule has 1 fully saturated rings. The summed E-state index contributed by atoms with van der Waals surface area (Å²) in [6.45, 7) is 3.18. The van der Waals surface area contributed by atoms with Gasteiger partial charge in [-0.15, -0.1) is 0 Å². The maximum atomic E-state index is 11.0. The summed E-state index contributed by atoms with van der Waals surface area (Å²) in [7, 11) is 0. The highest BCUT2D eigenvalue weighted by molar-refractivity contribution is 5.92. The van der Waals surface area contributed by atoms with Crippen LogP contribution in [0.25, 0.3) is 0 Å². The van der Waals surface area contributed by atoms with Crippen LogP contribution in [0.2, 0.25) is 0 Å².